The zero-order valence-electron chi connectivity index (χ0n) is 16.5. The van der Waals surface area contributed by atoms with Crippen LogP contribution in [0.5, 0.6) is 0 Å². The smallest absolute Gasteiger partial charge is 0.147 e. The van der Waals surface area contributed by atoms with E-state index in [1.165, 1.54) is 36.9 Å². The molecule has 0 aliphatic heterocycles. The maximum atomic E-state index is 6.20. The Morgan fingerprint density at radius 3 is 2.15 bits per heavy atom. The van der Waals surface area contributed by atoms with Gasteiger partial charge in [-0.2, -0.15) is 0 Å². The van der Waals surface area contributed by atoms with Crippen molar-refractivity contribution in [2.24, 2.45) is 0 Å². The van der Waals surface area contributed by atoms with Gasteiger partial charge in [0, 0.05) is 0 Å². The Labute approximate surface area is 177 Å². The van der Waals surface area contributed by atoms with Gasteiger partial charge in [-0.15, -0.1) is 24.8 Å². The van der Waals surface area contributed by atoms with E-state index in [4.69, 9.17) is 3.32 Å². The molecule has 141 valence electrons. The summed E-state index contributed by atoms with van der Waals surface area (Å²) in [5.41, 5.74) is 5.77. The zero-order valence-corrected chi connectivity index (χ0v) is 19.7. The molecule has 1 aliphatic carbocycles. The number of hydrogen-bond acceptors (Lipinski definition) is 1. The molecule has 0 amide bonds. The topological polar surface area (TPSA) is 9.23 Å². The van der Waals surface area contributed by atoms with Crippen molar-refractivity contribution in [2.75, 3.05) is 7.11 Å². The minimum atomic E-state index is -1.94. The quantitative estimate of drug-likeness (QED) is 0.487. The number of halogens is 2. The Balaban J connectivity index is 0.00000169. The Kier molecular flexibility index (Phi) is 8.20. The molecule has 0 aromatic heterocycles. The van der Waals surface area contributed by atoms with Crippen molar-refractivity contribution < 1.29 is 21.6 Å². The standard InChI is InChI=1S/C17H15.C4H9.CH3O.2ClH.Ti/c1-12-9-13(2)17(10-12)16-8-7-14-5-3-4-6-15(14)11-16;1-4(2)3;1-2;;;/h3-9H,10H2,1-2H3;1-3H3;1H3;2*1H;/q;;-1;;;+1. The van der Waals surface area contributed by atoms with E-state index in [-0.39, 0.29) is 28.5 Å². The first-order valence-corrected chi connectivity index (χ1v) is 10.8. The average Bonchev–Trinajstić information content (AvgIpc) is 2.85. The van der Waals surface area contributed by atoms with Crippen molar-refractivity contribution in [3.05, 3.63) is 59.2 Å². The summed E-state index contributed by atoms with van der Waals surface area (Å²) < 4.78 is 7.90. The summed E-state index contributed by atoms with van der Waals surface area (Å²) in [5, 5.41) is 2.70. The second kappa shape index (κ2) is 9.08. The summed E-state index contributed by atoms with van der Waals surface area (Å²) in [6.07, 6.45) is 3.40. The van der Waals surface area contributed by atoms with Gasteiger partial charge in [0.25, 0.3) is 0 Å². The fraction of sp³-hybridized carbons (Fsp3) is 0.364. The largest absolute Gasteiger partial charge is 0.147 e. The molecule has 0 radical (unpaired) electrons. The van der Waals surface area contributed by atoms with Crippen LogP contribution >= 0.6 is 24.8 Å². The molecule has 0 atom stereocenters. The van der Waals surface area contributed by atoms with Crippen LogP contribution in [-0.2, 0) is 21.6 Å². The third kappa shape index (κ3) is 4.46. The Morgan fingerprint density at radius 2 is 1.62 bits per heavy atom. The molecule has 4 heteroatoms. The van der Waals surface area contributed by atoms with E-state index < -0.39 is 18.3 Å². The maximum Gasteiger partial charge on any atom is -0.147 e. The van der Waals surface area contributed by atoms with Crippen LogP contribution in [-0.4, -0.2) is 7.11 Å². The summed E-state index contributed by atoms with van der Waals surface area (Å²) in [7, 11) is 1.91. The molecule has 0 heterocycles. The maximum absolute atomic E-state index is 6.20. The second-order valence-electron chi connectivity index (χ2n) is 7.82. The van der Waals surface area contributed by atoms with Gasteiger partial charge in [-0.05, 0) is 0 Å². The molecule has 26 heavy (non-hydrogen) atoms. The number of fused-ring (bicyclic) bond motifs is 1. The molecule has 0 N–H and O–H groups in total. The monoisotopic (exact) mass is 427 g/mol. The van der Waals surface area contributed by atoms with Crippen LogP contribution in [0.3, 0.4) is 0 Å². The summed E-state index contributed by atoms with van der Waals surface area (Å²) in [5.74, 6) is 0. The molecule has 1 aliphatic rings. The van der Waals surface area contributed by atoms with Crippen molar-refractivity contribution >= 4 is 45.0 Å². The molecule has 2 aromatic carbocycles. The molecule has 0 saturated heterocycles. The number of benzene rings is 2. The van der Waals surface area contributed by atoms with Crippen molar-refractivity contribution in [2.45, 2.75) is 44.8 Å². The van der Waals surface area contributed by atoms with Crippen molar-refractivity contribution in [1.29, 1.82) is 0 Å². The van der Waals surface area contributed by atoms with Crippen LogP contribution in [0.2, 0.25) is 3.72 Å². The van der Waals surface area contributed by atoms with E-state index in [0.717, 1.165) is 6.42 Å². The Morgan fingerprint density at radius 1 is 0.962 bits per heavy atom. The van der Waals surface area contributed by atoms with Crippen molar-refractivity contribution in [1.82, 2.24) is 0 Å². The summed E-state index contributed by atoms with van der Waals surface area (Å²) in [6, 6.07) is 13.4. The van der Waals surface area contributed by atoms with Crippen molar-refractivity contribution in [3.63, 3.8) is 0 Å². The average molecular weight is 428 g/mol. The van der Waals surface area contributed by atoms with Gasteiger partial charge in [-0.1, -0.05) is 0 Å². The molecule has 0 fully saturated rings. The van der Waals surface area contributed by atoms with Crippen LogP contribution in [0.15, 0.2) is 53.6 Å². The molecule has 0 bridgehead atoms. The van der Waals surface area contributed by atoms with Crippen LogP contribution in [0.25, 0.3) is 16.3 Å². The third-order valence-electron chi connectivity index (χ3n) is 4.76. The van der Waals surface area contributed by atoms with Crippen LogP contribution in [0.1, 0.15) is 46.6 Å². The summed E-state index contributed by atoms with van der Waals surface area (Å²) in [6.45, 7) is 11.5. The van der Waals surface area contributed by atoms with Gasteiger partial charge in [0.2, 0.25) is 0 Å². The molecule has 3 rings (SSSR count). The van der Waals surface area contributed by atoms with Gasteiger partial charge in [0.05, 0.1) is 0 Å². The van der Waals surface area contributed by atoms with E-state index in [1.54, 1.807) is 0 Å². The predicted octanol–water partition coefficient (Wildman–Crippen LogP) is 6.83. The van der Waals surface area contributed by atoms with E-state index in [9.17, 15) is 0 Å². The molecular weight excluding hydrogens is 399 g/mol. The number of allylic oxidation sites excluding steroid dienone is 4. The van der Waals surface area contributed by atoms with E-state index in [1.807, 2.05) is 7.11 Å². The van der Waals surface area contributed by atoms with Gasteiger partial charge in [-0.25, -0.2) is 0 Å². The second-order valence-corrected chi connectivity index (χ2v) is 12.6. The molecule has 0 spiro atoms. The van der Waals surface area contributed by atoms with E-state index in [2.05, 4.69) is 77.1 Å². The minimum absolute atomic E-state index is 0. The van der Waals surface area contributed by atoms with Crippen LogP contribution in [0.4, 0.5) is 0 Å². The van der Waals surface area contributed by atoms with Crippen LogP contribution < -0.4 is 3.87 Å². The Hall–Kier alpha value is -0.566. The van der Waals surface area contributed by atoms with Gasteiger partial charge >= 0.3 is 153 Å². The first kappa shape index (κ1) is 23.5. The Bertz CT molecular complexity index is 847. The number of rotatable bonds is 3. The van der Waals surface area contributed by atoms with Gasteiger partial charge in [0.15, 0.2) is 0 Å². The van der Waals surface area contributed by atoms with Gasteiger partial charge < -0.3 is 0 Å². The molecule has 0 unspecified atom stereocenters. The van der Waals surface area contributed by atoms with E-state index in [0.29, 0.717) is 0 Å². The molecule has 0 saturated carbocycles. The summed E-state index contributed by atoms with van der Waals surface area (Å²) in [4.78, 5) is 0. The number of hydrogen-bond donors (Lipinski definition) is 0. The normalized spacial score (nSPS) is 14.0. The molecule has 1 nitrogen and oxygen atoms in total. The molecule has 2 aromatic rings. The van der Waals surface area contributed by atoms with Gasteiger partial charge in [0.1, 0.15) is 0 Å². The third-order valence-corrected chi connectivity index (χ3v) is 9.08. The van der Waals surface area contributed by atoms with Crippen LogP contribution in [0, 0.1) is 0 Å². The van der Waals surface area contributed by atoms with Crippen molar-refractivity contribution in [3.8, 4) is 0 Å². The predicted molar refractivity (Wildman–Crippen MR) is 116 cm³/mol. The van der Waals surface area contributed by atoms with Gasteiger partial charge in [-0.3, -0.25) is 0 Å². The SMILES string of the molecule is C[O][Ti]([c]1c(C2=C(C)C=C(C)C2)ccc2ccccc12)[C](C)(C)C.Cl.Cl. The first-order chi connectivity index (χ1) is 11.3. The minimum Gasteiger partial charge on any atom is -0.147 e. The molecular formula is C22H29Cl2OTi. The fourth-order valence-electron chi connectivity index (χ4n) is 3.78. The van der Waals surface area contributed by atoms with E-state index >= 15 is 0 Å². The zero-order chi connectivity index (χ0) is 17.5. The summed E-state index contributed by atoms with van der Waals surface area (Å²) >= 11 is -1.94. The first-order valence-electron chi connectivity index (χ1n) is 8.63. The fourth-order valence-corrected chi connectivity index (χ4v) is 7.72.